The average Bonchev–Trinajstić information content (AvgIpc) is 2.31. The predicted molar refractivity (Wildman–Crippen MR) is 60.2 cm³/mol. The van der Waals surface area contributed by atoms with Crippen molar-refractivity contribution in [1.29, 1.82) is 0 Å². The molecule has 4 nitrogen and oxygen atoms in total. The molecule has 0 saturated carbocycles. The van der Waals surface area contributed by atoms with Crippen LogP contribution in [0.15, 0.2) is 24.5 Å². The fraction of sp³-hybridized carbons (Fsp3) is 0.417. The van der Waals surface area contributed by atoms with E-state index in [1.54, 1.807) is 17.3 Å². The molecule has 4 heteroatoms. The van der Waals surface area contributed by atoms with Gasteiger partial charge >= 0.3 is 0 Å². The number of rotatable bonds is 2. The molecule has 84 valence electrons. The molecule has 1 amide bonds. The maximum atomic E-state index is 11.7. The third-order valence-corrected chi connectivity index (χ3v) is 3.36. The molecule has 0 bridgehead atoms. The summed E-state index contributed by atoms with van der Waals surface area (Å²) in [5.74, 6) is -0.271. The highest BCUT2D eigenvalue weighted by Crippen LogP contribution is 2.34. The van der Waals surface area contributed by atoms with Crippen LogP contribution >= 0.6 is 0 Å². The fourth-order valence-corrected chi connectivity index (χ4v) is 2.25. The number of carbonyl (C=O) groups excluding carboxylic acids is 1. The van der Waals surface area contributed by atoms with Crippen molar-refractivity contribution in [1.82, 2.24) is 9.88 Å². The summed E-state index contributed by atoms with van der Waals surface area (Å²) in [6, 6.07) is 3.72. The second-order valence-corrected chi connectivity index (χ2v) is 4.22. The van der Waals surface area contributed by atoms with E-state index in [9.17, 15) is 4.79 Å². The number of likely N-dealkylation sites (tertiary alicyclic amines) is 1. The van der Waals surface area contributed by atoms with Crippen molar-refractivity contribution in [2.45, 2.75) is 18.3 Å². The van der Waals surface area contributed by atoms with E-state index in [2.05, 4.69) is 4.98 Å². The zero-order valence-electron chi connectivity index (χ0n) is 9.10. The van der Waals surface area contributed by atoms with Gasteiger partial charge in [-0.3, -0.25) is 14.7 Å². The van der Waals surface area contributed by atoms with Crippen molar-refractivity contribution < 1.29 is 4.79 Å². The van der Waals surface area contributed by atoms with Crippen LogP contribution in [-0.4, -0.2) is 28.9 Å². The summed E-state index contributed by atoms with van der Waals surface area (Å²) >= 11 is 0. The number of primary amides is 1. The summed E-state index contributed by atoms with van der Waals surface area (Å²) in [5.41, 5.74) is 5.94. The number of piperidine rings is 1. The quantitative estimate of drug-likeness (QED) is 0.787. The first-order chi connectivity index (χ1) is 7.65. The summed E-state index contributed by atoms with van der Waals surface area (Å²) in [6.07, 6.45) is 4.72. The zero-order chi connectivity index (χ0) is 11.6. The maximum Gasteiger partial charge on any atom is 0.228 e. The van der Waals surface area contributed by atoms with Gasteiger partial charge in [0.05, 0.1) is 5.41 Å². The van der Waals surface area contributed by atoms with E-state index < -0.39 is 5.41 Å². The first kappa shape index (κ1) is 11.1. The van der Waals surface area contributed by atoms with E-state index >= 15 is 0 Å². The Bertz CT molecular complexity index is 369. The molecular weight excluding hydrogens is 202 g/mol. The molecule has 1 saturated heterocycles. The third kappa shape index (κ3) is 1.80. The first-order valence-electron chi connectivity index (χ1n) is 5.35. The van der Waals surface area contributed by atoms with Crippen molar-refractivity contribution in [3.05, 3.63) is 37.1 Å². The van der Waals surface area contributed by atoms with Gasteiger partial charge in [-0.2, -0.15) is 0 Å². The van der Waals surface area contributed by atoms with E-state index in [4.69, 9.17) is 12.8 Å². The lowest BCUT2D eigenvalue weighted by atomic mass is 9.72. The zero-order valence-corrected chi connectivity index (χ0v) is 9.10. The Labute approximate surface area is 95.5 Å². The molecule has 2 radical (unpaired) electrons. The molecule has 1 aromatic rings. The molecule has 0 unspecified atom stereocenters. The number of hydrogen-bond acceptors (Lipinski definition) is 3. The molecule has 0 aromatic carbocycles. The van der Waals surface area contributed by atoms with Crippen LogP contribution in [0, 0.1) is 7.05 Å². The van der Waals surface area contributed by atoms with Crippen molar-refractivity contribution in [3.8, 4) is 0 Å². The van der Waals surface area contributed by atoms with Gasteiger partial charge in [-0.1, -0.05) is 0 Å². The van der Waals surface area contributed by atoms with Crippen molar-refractivity contribution >= 4 is 5.91 Å². The van der Waals surface area contributed by atoms with Crippen molar-refractivity contribution in [3.63, 3.8) is 0 Å². The molecule has 16 heavy (non-hydrogen) atoms. The van der Waals surface area contributed by atoms with Gasteiger partial charge in [-0.25, -0.2) is 0 Å². The predicted octanol–water partition coefficient (Wildman–Crippen LogP) is 0.569. The number of hydrogen-bond donors (Lipinski definition) is 1. The lowest BCUT2D eigenvalue weighted by Crippen LogP contribution is -2.48. The Hall–Kier alpha value is -1.42. The SMILES string of the molecule is [CH]N1CCC(C(N)=O)(c2ccncc2)CC1. The van der Waals surface area contributed by atoms with Gasteiger partial charge in [0.25, 0.3) is 0 Å². The highest BCUT2D eigenvalue weighted by atomic mass is 16.1. The molecule has 2 N–H and O–H groups in total. The summed E-state index contributed by atoms with van der Waals surface area (Å²) in [7, 11) is 5.70. The van der Waals surface area contributed by atoms with Crippen LogP contribution < -0.4 is 5.73 Å². The Morgan fingerprint density at radius 2 is 1.94 bits per heavy atom. The van der Waals surface area contributed by atoms with E-state index in [1.807, 2.05) is 12.1 Å². The lowest BCUT2D eigenvalue weighted by molar-refractivity contribution is -0.125. The number of carbonyl (C=O) groups is 1. The van der Waals surface area contributed by atoms with Gasteiger partial charge in [-0.15, -0.1) is 0 Å². The van der Waals surface area contributed by atoms with Gasteiger partial charge < -0.3 is 5.73 Å². The monoisotopic (exact) mass is 217 g/mol. The van der Waals surface area contributed by atoms with Crippen LogP contribution in [0.2, 0.25) is 0 Å². The highest BCUT2D eigenvalue weighted by molar-refractivity contribution is 5.86. The molecule has 1 aromatic heterocycles. The Balaban J connectivity index is 2.34. The van der Waals surface area contributed by atoms with Crippen LogP contribution in [-0.2, 0) is 10.2 Å². The summed E-state index contributed by atoms with van der Waals surface area (Å²) < 4.78 is 0. The number of pyridine rings is 1. The molecule has 0 aliphatic carbocycles. The molecule has 1 fully saturated rings. The standard InChI is InChI=1S/C12H15N3O/c1-15-8-4-12(5-9-15,11(13)16)10-2-6-14-7-3-10/h1-3,6-7H,4-5,8-9H2,(H2,13,16). The number of aromatic nitrogens is 1. The van der Waals surface area contributed by atoms with Crippen LogP contribution in [0.1, 0.15) is 18.4 Å². The molecule has 2 heterocycles. The number of nitrogens with two attached hydrogens (primary N) is 1. The highest BCUT2D eigenvalue weighted by Gasteiger charge is 2.40. The second-order valence-electron chi connectivity index (χ2n) is 4.22. The molecular formula is C12H15N3O. The molecule has 2 rings (SSSR count). The van der Waals surface area contributed by atoms with Crippen molar-refractivity contribution in [2.24, 2.45) is 5.73 Å². The molecule has 0 spiro atoms. The minimum absolute atomic E-state index is 0.271. The maximum absolute atomic E-state index is 11.7. The Morgan fingerprint density at radius 3 is 2.44 bits per heavy atom. The summed E-state index contributed by atoms with van der Waals surface area (Å²) in [4.78, 5) is 17.4. The van der Waals surface area contributed by atoms with Gasteiger partial charge in [0.2, 0.25) is 5.91 Å². The van der Waals surface area contributed by atoms with Gasteiger partial charge in [0, 0.05) is 19.4 Å². The topological polar surface area (TPSA) is 59.2 Å². The minimum atomic E-state index is -0.571. The van der Waals surface area contributed by atoms with Crippen LogP contribution in [0.3, 0.4) is 0 Å². The summed E-state index contributed by atoms with van der Waals surface area (Å²) in [6.45, 7) is 1.37. The van der Waals surface area contributed by atoms with E-state index in [-0.39, 0.29) is 5.91 Å². The fourth-order valence-electron chi connectivity index (χ4n) is 2.25. The largest absolute Gasteiger partial charge is 0.369 e. The van der Waals surface area contributed by atoms with Gasteiger partial charge in [0.15, 0.2) is 0 Å². The smallest absolute Gasteiger partial charge is 0.228 e. The van der Waals surface area contributed by atoms with E-state index in [1.165, 1.54) is 0 Å². The van der Waals surface area contributed by atoms with Crippen molar-refractivity contribution in [2.75, 3.05) is 13.1 Å². The molecule has 1 aliphatic heterocycles. The summed E-state index contributed by atoms with van der Waals surface area (Å²) in [5, 5.41) is 0. The minimum Gasteiger partial charge on any atom is -0.369 e. The average molecular weight is 217 g/mol. The van der Waals surface area contributed by atoms with E-state index in [0.717, 1.165) is 5.56 Å². The molecule has 0 atom stereocenters. The lowest BCUT2D eigenvalue weighted by Gasteiger charge is -2.38. The molecule has 1 aliphatic rings. The third-order valence-electron chi connectivity index (χ3n) is 3.36. The second kappa shape index (κ2) is 4.22. The number of nitrogens with zero attached hydrogens (tertiary/aromatic N) is 2. The first-order valence-corrected chi connectivity index (χ1v) is 5.35. The Kier molecular flexibility index (Phi) is 2.92. The number of amides is 1. The van der Waals surface area contributed by atoms with Gasteiger partial charge in [-0.05, 0) is 43.6 Å². The van der Waals surface area contributed by atoms with Gasteiger partial charge in [0.1, 0.15) is 0 Å². The normalized spacial score (nSPS) is 20.6. The van der Waals surface area contributed by atoms with E-state index in [0.29, 0.717) is 25.9 Å². The van der Waals surface area contributed by atoms with Crippen LogP contribution in [0.5, 0.6) is 0 Å². The van der Waals surface area contributed by atoms with Crippen LogP contribution in [0.4, 0.5) is 0 Å². The van der Waals surface area contributed by atoms with Crippen LogP contribution in [0.25, 0.3) is 0 Å². The Morgan fingerprint density at radius 1 is 1.38 bits per heavy atom.